The van der Waals surface area contributed by atoms with Gasteiger partial charge in [0, 0.05) is 18.9 Å². The third kappa shape index (κ3) is 4.58. The predicted molar refractivity (Wildman–Crippen MR) is 106 cm³/mol. The van der Waals surface area contributed by atoms with Gasteiger partial charge in [0.25, 0.3) is 0 Å². The number of amides is 1. The van der Waals surface area contributed by atoms with Crippen LogP contribution in [0.5, 0.6) is 5.75 Å². The number of ether oxygens (including phenoxy) is 1. The highest BCUT2D eigenvalue weighted by atomic mass is 32.2. The van der Waals surface area contributed by atoms with Crippen LogP contribution < -0.4 is 10.5 Å². The molecule has 1 aliphatic carbocycles. The van der Waals surface area contributed by atoms with E-state index in [1.807, 2.05) is 35.8 Å². The highest BCUT2D eigenvalue weighted by Gasteiger charge is 2.30. The Morgan fingerprint density at radius 1 is 1.34 bits per heavy atom. The Bertz CT molecular complexity index is 998. The minimum absolute atomic E-state index is 0.254. The molecule has 0 radical (unpaired) electrons. The Kier molecular flexibility index (Phi) is 5.79. The molecule has 29 heavy (non-hydrogen) atoms. The molecule has 152 valence electrons. The summed E-state index contributed by atoms with van der Waals surface area (Å²) in [5, 5.41) is 13.4. The fourth-order valence-corrected chi connectivity index (χ4v) is 3.77. The van der Waals surface area contributed by atoms with Crippen molar-refractivity contribution in [3.8, 4) is 17.1 Å². The van der Waals surface area contributed by atoms with E-state index in [9.17, 15) is 4.79 Å². The maximum absolute atomic E-state index is 11.2. The van der Waals surface area contributed by atoms with Crippen molar-refractivity contribution in [3.05, 3.63) is 36.0 Å². The molecule has 2 aromatic heterocycles. The van der Waals surface area contributed by atoms with Crippen molar-refractivity contribution in [1.29, 1.82) is 0 Å². The maximum Gasteiger partial charge on any atom is 0.237 e. The van der Waals surface area contributed by atoms with Gasteiger partial charge >= 0.3 is 0 Å². The minimum atomic E-state index is -0.342. The van der Waals surface area contributed by atoms with Gasteiger partial charge in [-0.3, -0.25) is 4.79 Å². The van der Waals surface area contributed by atoms with E-state index in [1.165, 1.54) is 11.8 Å². The molecule has 9 nitrogen and oxygen atoms in total. The topological polar surface area (TPSA) is 122 Å². The molecule has 1 saturated carbocycles. The van der Waals surface area contributed by atoms with E-state index < -0.39 is 0 Å². The third-order valence-corrected chi connectivity index (χ3v) is 5.44. The van der Waals surface area contributed by atoms with Gasteiger partial charge in [-0.05, 0) is 31.9 Å². The first-order chi connectivity index (χ1) is 14.2. The van der Waals surface area contributed by atoms with Crippen LogP contribution in [0.2, 0.25) is 0 Å². The number of para-hydroxylation sites is 1. The van der Waals surface area contributed by atoms with Crippen LogP contribution >= 0.6 is 11.8 Å². The number of nitrogens with zero attached hydrogens (tertiary/aromatic N) is 5. The fraction of sp³-hybridized carbons (Fsp3) is 0.421. The van der Waals surface area contributed by atoms with Crippen LogP contribution in [0.15, 0.2) is 33.9 Å². The third-order valence-electron chi connectivity index (χ3n) is 4.49. The Morgan fingerprint density at radius 2 is 2.17 bits per heavy atom. The molecule has 1 amide bonds. The maximum atomic E-state index is 11.2. The van der Waals surface area contributed by atoms with Gasteiger partial charge in [0.15, 0.2) is 5.16 Å². The number of aromatic nitrogens is 5. The zero-order valence-corrected chi connectivity index (χ0v) is 16.9. The van der Waals surface area contributed by atoms with Crippen molar-refractivity contribution in [1.82, 2.24) is 24.9 Å². The molecule has 0 bridgehead atoms. The lowest BCUT2D eigenvalue weighted by Crippen LogP contribution is -2.15. The second-order valence-electron chi connectivity index (χ2n) is 6.71. The van der Waals surface area contributed by atoms with Crippen molar-refractivity contribution >= 4 is 17.7 Å². The lowest BCUT2D eigenvalue weighted by atomic mass is 10.2. The molecule has 0 unspecified atom stereocenters. The lowest BCUT2D eigenvalue weighted by Gasteiger charge is -2.07. The van der Waals surface area contributed by atoms with Crippen molar-refractivity contribution < 1.29 is 14.1 Å². The SMILES string of the molecule is CCOc1ccccc1-c1noc(CSc2nnc(C3CC3)n2CCC(N)=O)n1. The van der Waals surface area contributed by atoms with E-state index >= 15 is 0 Å². The molecule has 2 N–H and O–H groups in total. The Labute approximate surface area is 172 Å². The van der Waals surface area contributed by atoms with E-state index in [0.29, 0.717) is 36.5 Å². The van der Waals surface area contributed by atoms with E-state index in [4.69, 9.17) is 15.0 Å². The zero-order valence-electron chi connectivity index (χ0n) is 16.1. The minimum Gasteiger partial charge on any atom is -0.493 e. The Balaban J connectivity index is 1.47. The van der Waals surface area contributed by atoms with Crippen LogP contribution in [0.25, 0.3) is 11.4 Å². The molecule has 2 heterocycles. The molecule has 1 fully saturated rings. The summed E-state index contributed by atoms with van der Waals surface area (Å²) in [6, 6.07) is 7.59. The van der Waals surface area contributed by atoms with Crippen molar-refractivity contribution in [2.45, 2.75) is 49.6 Å². The molecule has 3 aromatic rings. The first kappa shape index (κ1) is 19.4. The molecule has 0 saturated heterocycles. The van der Waals surface area contributed by atoms with Gasteiger partial charge in [0.1, 0.15) is 11.6 Å². The van der Waals surface area contributed by atoms with E-state index in [-0.39, 0.29) is 12.3 Å². The van der Waals surface area contributed by atoms with E-state index in [1.54, 1.807) is 0 Å². The smallest absolute Gasteiger partial charge is 0.237 e. The number of carbonyl (C=O) groups is 1. The molecule has 1 aliphatic rings. The summed E-state index contributed by atoms with van der Waals surface area (Å²) in [4.78, 5) is 15.7. The van der Waals surface area contributed by atoms with Gasteiger partial charge in [-0.15, -0.1) is 10.2 Å². The van der Waals surface area contributed by atoms with Crippen LogP contribution in [-0.2, 0) is 17.1 Å². The molecule has 1 aromatic carbocycles. The average molecular weight is 414 g/mol. The zero-order chi connectivity index (χ0) is 20.2. The summed E-state index contributed by atoms with van der Waals surface area (Å²) in [6.07, 6.45) is 2.46. The summed E-state index contributed by atoms with van der Waals surface area (Å²) < 4.78 is 13.0. The number of primary amides is 1. The van der Waals surface area contributed by atoms with Gasteiger partial charge in [0.2, 0.25) is 17.6 Å². The van der Waals surface area contributed by atoms with Gasteiger partial charge < -0.3 is 19.6 Å². The normalized spacial score (nSPS) is 13.6. The standard InChI is InChI=1S/C19H22N6O3S/c1-2-27-14-6-4-3-5-13(14)17-21-16(28-24-17)11-29-19-23-22-18(12-7-8-12)25(19)10-9-15(20)26/h3-6,12H,2,7-11H2,1H3,(H2,20,26). The van der Waals surface area contributed by atoms with Crippen LogP contribution in [0.1, 0.15) is 43.8 Å². The number of hydrogen-bond donors (Lipinski definition) is 1. The monoisotopic (exact) mass is 414 g/mol. The number of benzene rings is 1. The number of carbonyl (C=O) groups excluding carboxylic acids is 1. The summed E-state index contributed by atoms with van der Waals surface area (Å²) >= 11 is 1.45. The highest BCUT2D eigenvalue weighted by molar-refractivity contribution is 7.98. The van der Waals surface area contributed by atoms with Crippen molar-refractivity contribution in [2.24, 2.45) is 5.73 Å². The second kappa shape index (κ2) is 8.64. The van der Waals surface area contributed by atoms with Crippen LogP contribution in [0, 0.1) is 0 Å². The molecular formula is C19H22N6O3S. The Morgan fingerprint density at radius 3 is 2.93 bits per heavy atom. The van der Waals surface area contributed by atoms with E-state index in [0.717, 1.165) is 35.1 Å². The average Bonchev–Trinajstić information content (AvgIpc) is 3.31. The van der Waals surface area contributed by atoms with Crippen LogP contribution in [0.4, 0.5) is 0 Å². The number of rotatable bonds is 10. The number of hydrogen-bond acceptors (Lipinski definition) is 8. The number of thioether (sulfide) groups is 1. The molecule has 0 aliphatic heterocycles. The number of nitrogens with two attached hydrogens (primary N) is 1. The van der Waals surface area contributed by atoms with Crippen LogP contribution in [-0.4, -0.2) is 37.4 Å². The van der Waals surface area contributed by atoms with E-state index in [2.05, 4.69) is 20.3 Å². The Hall–Kier alpha value is -2.88. The molecular weight excluding hydrogens is 392 g/mol. The first-order valence-corrected chi connectivity index (χ1v) is 10.5. The summed E-state index contributed by atoms with van der Waals surface area (Å²) in [5.74, 6) is 3.14. The first-order valence-electron chi connectivity index (χ1n) is 9.54. The largest absolute Gasteiger partial charge is 0.493 e. The quantitative estimate of drug-likeness (QED) is 0.503. The summed E-state index contributed by atoms with van der Waals surface area (Å²) in [6.45, 7) is 2.97. The summed E-state index contributed by atoms with van der Waals surface area (Å²) in [7, 11) is 0. The summed E-state index contributed by atoms with van der Waals surface area (Å²) in [5.41, 5.74) is 6.10. The predicted octanol–water partition coefficient (Wildman–Crippen LogP) is 2.77. The molecule has 4 rings (SSSR count). The fourth-order valence-electron chi connectivity index (χ4n) is 2.96. The highest BCUT2D eigenvalue weighted by Crippen LogP contribution is 2.40. The van der Waals surface area contributed by atoms with Gasteiger partial charge in [-0.2, -0.15) is 4.98 Å². The van der Waals surface area contributed by atoms with Crippen LogP contribution in [0.3, 0.4) is 0 Å². The van der Waals surface area contributed by atoms with Gasteiger partial charge in [-0.25, -0.2) is 0 Å². The molecule has 0 spiro atoms. The van der Waals surface area contributed by atoms with Crippen molar-refractivity contribution in [2.75, 3.05) is 6.61 Å². The molecule has 0 atom stereocenters. The van der Waals surface area contributed by atoms with Gasteiger partial charge in [-0.1, -0.05) is 29.1 Å². The second-order valence-corrected chi connectivity index (χ2v) is 7.66. The lowest BCUT2D eigenvalue weighted by molar-refractivity contribution is -0.118. The van der Waals surface area contributed by atoms with Crippen molar-refractivity contribution in [3.63, 3.8) is 0 Å². The van der Waals surface area contributed by atoms with Gasteiger partial charge in [0.05, 0.1) is 17.9 Å². The molecule has 10 heteroatoms.